The average molecular weight is 253 g/mol. The molecule has 0 heterocycles. The standard InChI is InChI=1S/C18H23N/c1-2-3-4-5-15-6-8-16(9-7-15)14-17-10-12-18(19)13-11-17/h6-13H,2-5,14,19H2,1H3. The van der Waals surface area contributed by atoms with E-state index < -0.39 is 0 Å². The molecule has 0 aliphatic rings. The van der Waals surface area contributed by atoms with E-state index in [1.54, 1.807) is 0 Å². The largest absolute Gasteiger partial charge is 0.399 e. The molecular formula is C18H23N. The highest BCUT2D eigenvalue weighted by atomic mass is 14.5. The number of hydrogen-bond acceptors (Lipinski definition) is 1. The van der Waals surface area contributed by atoms with Gasteiger partial charge < -0.3 is 5.73 Å². The van der Waals surface area contributed by atoms with Gasteiger partial charge >= 0.3 is 0 Å². The lowest BCUT2D eigenvalue weighted by Gasteiger charge is -2.05. The molecule has 0 aromatic heterocycles. The van der Waals surface area contributed by atoms with E-state index in [1.807, 2.05) is 12.1 Å². The first kappa shape index (κ1) is 13.7. The molecule has 0 spiro atoms. The second-order valence-electron chi connectivity index (χ2n) is 5.19. The maximum Gasteiger partial charge on any atom is 0.0314 e. The lowest BCUT2D eigenvalue weighted by Crippen LogP contribution is -1.91. The molecule has 2 aromatic carbocycles. The number of nitrogen functional groups attached to an aromatic ring is 1. The molecule has 0 fully saturated rings. The van der Waals surface area contributed by atoms with E-state index >= 15 is 0 Å². The van der Waals surface area contributed by atoms with Crippen LogP contribution < -0.4 is 5.73 Å². The molecular weight excluding hydrogens is 230 g/mol. The van der Waals surface area contributed by atoms with Crippen LogP contribution in [0.5, 0.6) is 0 Å². The Bertz CT molecular complexity index is 482. The molecule has 0 aliphatic carbocycles. The van der Waals surface area contributed by atoms with E-state index in [9.17, 15) is 0 Å². The van der Waals surface area contributed by atoms with Gasteiger partial charge in [-0.05, 0) is 48.1 Å². The summed E-state index contributed by atoms with van der Waals surface area (Å²) in [5.41, 5.74) is 10.7. The first-order chi connectivity index (χ1) is 9.28. The normalized spacial score (nSPS) is 10.6. The molecule has 100 valence electrons. The molecule has 0 saturated carbocycles. The zero-order valence-corrected chi connectivity index (χ0v) is 11.7. The maximum atomic E-state index is 5.70. The van der Waals surface area contributed by atoms with E-state index in [4.69, 9.17) is 5.73 Å². The second kappa shape index (κ2) is 6.98. The van der Waals surface area contributed by atoms with Crippen molar-refractivity contribution in [2.75, 3.05) is 5.73 Å². The summed E-state index contributed by atoms with van der Waals surface area (Å²) in [4.78, 5) is 0. The SMILES string of the molecule is CCCCCc1ccc(Cc2ccc(N)cc2)cc1. The molecule has 2 aromatic rings. The van der Waals surface area contributed by atoms with Crippen LogP contribution in [0.3, 0.4) is 0 Å². The van der Waals surface area contributed by atoms with Crippen molar-refractivity contribution >= 4 is 5.69 Å². The minimum atomic E-state index is 0.829. The number of nitrogens with two attached hydrogens (primary N) is 1. The quantitative estimate of drug-likeness (QED) is 0.591. The van der Waals surface area contributed by atoms with Gasteiger partial charge in [-0.3, -0.25) is 0 Å². The molecule has 0 radical (unpaired) electrons. The third-order valence-electron chi connectivity index (χ3n) is 3.48. The van der Waals surface area contributed by atoms with Crippen molar-refractivity contribution in [2.24, 2.45) is 0 Å². The molecule has 0 atom stereocenters. The summed E-state index contributed by atoms with van der Waals surface area (Å²) in [5, 5.41) is 0. The minimum absolute atomic E-state index is 0.829. The van der Waals surface area contributed by atoms with Crippen molar-refractivity contribution in [1.29, 1.82) is 0 Å². The van der Waals surface area contributed by atoms with Gasteiger partial charge in [-0.25, -0.2) is 0 Å². The van der Waals surface area contributed by atoms with E-state index in [1.165, 1.54) is 42.4 Å². The van der Waals surface area contributed by atoms with Crippen LogP contribution >= 0.6 is 0 Å². The molecule has 0 unspecified atom stereocenters. The van der Waals surface area contributed by atoms with Gasteiger partial charge in [-0.15, -0.1) is 0 Å². The molecule has 0 amide bonds. The van der Waals surface area contributed by atoms with Gasteiger partial charge in [0.1, 0.15) is 0 Å². The number of anilines is 1. The predicted molar refractivity (Wildman–Crippen MR) is 83.3 cm³/mol. The first-order valence-corrected chi connectivity index (χ1v) is 7.20. The minimum Gasteiger partial charge on any atom is -0.399 e. The van der Waals surface area contributed by atoms with Crippen molar-refractivity contribution in [3.63, 3.8) is 0 Å². The van der Waals surface area contributed by atoms with Gasteiger partial charge in [-0.2, -0.15) is 0 Å². The van der Waals surface area contributed by atoms with Crippen LogP contribution in [0.1, 0.15) is 42.9 Å². The zero-order valence-electron chi connectivity index (χ0n) is 11.7. The number of hydrogen-bond donors (Lipinski definition) is 1. The highest BCUT2D eigenvalue weighted by Gasteiger charge is 1.98. The average Bonchev–Trinajstić information content (AvgIpc) is 2.44. The Labute approximate surface area is 116 Å². The predicted octanol–water partition coefficient (Wildman–Crippen LogP) is 4.59. The number of benzene rings is 2. The molecule has 2 rings (SSSR count). The van der Waals surface area contributed by atoms with Crippen molar-refractivity contribution in [2.45, 2.75) is 39.0 Å². The summed E-state index contributed by atoms with van der Waals surface area (Å²) in [6.07, 6.45) is 6.10. The lowest BCUT2D eigenvalue weighted by atomic mass is 10.0. The Balaban J connectivity index is 1.92. The van der Waals surface area contributed by atoms with Gasteiger partial charge in [0.2, 0.25) is 0 Å². The summed E-state index contributed by atoms with van der Waals surface area (Å²) in [5.74, 6) is 0. The molecule has 0 aliphatic heterocycles. The Hall–Kier alpha value is -1.76. The Morgan fingerprint density at radius 1 is 0.737 bits per heavy atom. The van der Waals surface area contributed by atoms with Crippen molar-refractivity contribution in [1.82, 2.24) is 0 Å². The van der Waals surface area contributed by atoms with E-state index in [0.29, 0.717) is 0 Å². The highest BCUT2D eigenvalue weighted by Crippen LogP contribution is 2.14. The Morgan fingerprint density at radius 2 is 1.26 bits per heavy atom. The van der Waals surface area contributed by atoms with E-state index in [0.717, 1.165) is 12.1 Å². The Morgan fingerprint density at radius 3 is 1.84 bits per heavy atom. The molecule has 1 nitrogen and oxygen atoms in total. The fraction of sp³-hybridized carbons (Fsp3) is 0.333. The lowest BCUT2D eigenvalue weighted by molar-refractivity contribution is 0.717. The van der Waals surface area contributed by atoms with Crippen LogP contribution in [0.2, 0.25) is 0 Å². The highest BCUT2D eigenvalue weighted by molar-refractivity contribution is 5.40. The van der Waals surface area contributed by atoms with Crippen molar-refractivity contribution in [3.05, 3.63) is 65.2 Å². The smallest absolute Gasteiger partial charge is 0.0314 e. The fourth-order valence-corrected chi connectivity index (χ4v) is 2.27. The number of rotatable bonds is 6. The fourth-order valence-electron chi connectivity index (χ4n) is 2.27. The molecule has 1 heteroatoms. The van der Waals surface area contributed by atoms with Gasteiger partial charge in [0.15, 0.2) is 0 Å². The molecule has 0 bridgehead atoms. The summed E-state index contributed by atoms with van der Waals surface area (Å²) in [6.45, 7) is 2.25. The van der Waals surface area contributed by atoms with Crippen LogP contribution in [0.15, 0.2) is 48.5 Å². The number of aryl methyl sites for hydroxylation is 1. The van der Waals surface area contributed by atoms with Gasteiger partial charge in [0, 0.05) is 5.69 Å². The monoisotopic (exact) mass is 253 g/mol. The van der Waals surface area contributed by atoms with E-state index in [2.05, 4.69) is 43.3 Å². The van der Waals surface area contributed by atoms with Crippen LogP contribution in [0, 0.1) is 0 Å². The summed E-state index contributed by atoms with van der Waals surface area (Å²) >= 11 is 0. The van der Waals surface area contributed by atoms with Crippen LogP contribution in [0.4, 0.5) is 5.69 Å². The third-order valence-corrected chi connectivity index (χ3v) is 3.48. The topological polar surface area (TPSA) is 26.0 Å². The van der Waals surface area contributed by atoms with Crippen molar-refractivity contribution in [3.8, 4) is 0 Å². The van der Waals surface area contributed by atoms with Gasteiger partial charge in [0.25, 0.3) is 0 Å². The maximum absolute atomic E-state index is 5.70. The van der Waals surface area contributed by atoms with Crippen LogP contribution in [-0.2, 0) is 12.8 Å². The first-order valence-electron chi connectivity index (χ1n) is 7.20. The zero-order chi connectivity index (χ0) is 13.5. The second-order valence-corrected chi connectivity index (χ2v) is 5.19. The Kier molecular flexibility index (Phi) is 5.02. The van der Waals surface area contributed by atoms with Gasteiger partial charge in [0.05, 0.1) is 0 Å². The summed E-state index contributed by atoms with van der Waals surface area (Å²) < 4.78 is 0. The van der Waals surface area contributed by atoms with E-state index in [-0.39, 0.29) is 0 Å². The molecule has 19 heavy (non-hydrogen) atoms. The number of unbranched alkanes of at least 4 members (excludes halogenated alkanes) is 2. The molecule has 0 saturated heterocycles. The summed E-state index contributed by atoms with van der Waals surface area (Å²) in [6, 6.07) is 17.2. The van der Waals surface area contributed by atoms with Crippen LogP contribution in [-0.4, -0.2) is 0 Å². The van der Waals surface area contributed by atoms with Crippen molar-refractivity contribution < 1.29 is 0 Å². The third kappa shape index (κ3) is 4.44. The van der Waals surface area contributed by atoms with Crippen LogP contribution in [0.25, 0.3) is 0 Å². The summed E-state index contributed by atoms with van der Waals surface area (Å²) in [7, 11) is 0. The molecule has 2 N–H and O–H groups in total. The van der Waals surface area contributed by atoms with Gasteiger partial charge in [-0.1, -0.05) is 56.2 Å².